The molecule has 6 rings (SSSR count). The summed E-state index contributed by atoms with van der Waals surface area (Å²) in [4.78, 5) is 31.9. The molecule has 1 N–H and O–H groups in total. The van der Waals surface area contributed by atoms with Gasteiger partial charge in [-0.2, -0.15) is 0 Å². The van der Waals surface area contributed by atoms with Crippen LogP contribution in [0.15, 0.2) is 78.9 Å². The van der Waals surface area contributed by atoms with E-state index in [1.165, 1.54) is 11.1 Å². The summed E-state index contributed by atoms with van der Waals surface area (Å²) in [6.07, 6.45) is 7.13. The molecule has 2 saturated carbocycles. The van der Waals surface area contributed by atoms with E-state index in [1.807, 2.05) is 59.5 Å². The first-order valence-corrected chi connectivity index (χ1v) is 18.8. The summed E-state index contributed by atoms with van der Waals surface area (Å²) in [5.41, 5.74) is 5.34. The number of fused-ring (bicyclic) bond motifs is 1. The van der Waals surface area contributed by atoms with Gasteiger partial charge in [0, 0.05) is 51.5 Å². The van der Waals surface area contributed by atoms with E-state index >= 15 is 0 Å². The van der Waals surface area contributed by atoms with Gasteiger partial charge >= 0.3 is 6.09 Å². The Hall–Kier alpha value is -3.76. The minimum Gasteiger partial charge on any atom is -0.465 e. The van der Waals surface area contributed by atoms with Crippen LogP contribution in [0.3, 0.4) is 0 Å². The van der Waals surface area contributed by atoms with E-state index in [-0.39, 0.29) is 18.0 Å². The summed E-state index contributed by atoms with van der Waals surface area (Å²) >= 11 is 0. The van der Waals surface area contributed by atoms with E-state index in [1.54, 1.807) is 19.1 Å². The lowest BCUT2D eigenvalue weighted by molar-refractivity contribution is -0.150. The predicted octanol–water partition coefficient (Wildman–Crippen LogP) is 7.13. The topological polar surface area (TPSA) is 91.8 Å². The summed E-state index contributed by atoms with van der Waals surface area (Å²) in [7, 11) is 3.22. The Morgan fingerprint density at radius 3 is 2.08 bits per heavy atom. The second-order valence-corrected chi connectivity index (χ2v) is 14.5. The van der Waals surface area contributed by atoms with Crippen molar-refractivity contribution in [1.29, 1.82) is 0 Å². The van der Waals surface area contributed by atoms with Crippen LogP contribution in [-0.2, 0) is 31.8 Å². The molecule has 0 aromatic heterocycles. The molecular weight excluding hydrogens is 642 g/mol. The van der Waals surface area contributed by atoms with Crippen LogP contribution in [0, 0.1) is 11.8 Å². The standard InChI is InChI=1S/C42H55N3O6/c1-49-41(50-2)30-44(36-12-6-7-13-36)40(46)22-25-51-24-21-32-18-16-31(17-19-32)20-23-43-28-34-26-37(27-35(34)29-43)45(42(47)48)39-15-9-8-14-38(39)33-10-4-3-5-11-33/h3-5,8-11,14-19,34-37,41H,6-7,12-13,20-30H2,1-2H3,(H,47,48)/t34-,35+,37?. The first kappa shape index (κ1) is 37.0. The molecule has 3 atom stereocenters. The van der Waals surface area contributed by atoms with Gasteiger partial charge in [-0.1, -0.05) is 85.6 Å². The van der Waals surface area contributed by atoms with Crippen LogP contribution in [0.5, 0.6) is 0 Å². The average molecular weight is 698 g/mol. The molecule has 3 aliphatic rings. The molecule has 1 aliphatic heterocycles. The Bertz CT molecular complexity index is 1530. The zero-order valence-corrected chi connectivity index (χ0v) is 30.3. The summed E-state index contributed by atoms with van der Waals surface area (Å²) in [6, 6.07) is 27.1. The lowest BCUT2D eigenvalue weighted by Gasteiger charge is -2.31. The van der Waals surface area contributed by atoms with Crippen LogP contribution in [0.2, 0.25) is 0 Å². The van der Waals surface area contributed by atoms with E-state index in [4.69, 9.17) is 14.2 Å². The number of nitrogens with zero attached hydrogens (tertiary/aromatic N) is 3. The van der Waals surface area contributed by atoms with Crippen molar-refractivity contribution < 1.29 is 28.9 Å². The van der Waals surface area contributed by atoms with Gasteiger partial charge in [0.2, 0.25) is 5.91 Å². The van der Waals surface area contributed by atoms with E-state index in [0.717, 1.165) is 87.8 Å². The second kappa shape index (κ2) is 18.1. The summed E-state index contributed by atoms with van der Waals surface area (Å²) in [5.74, 6) is 1.16. The Labute approximate surface area is 303 Å². The lowest BCUT2D eigenvalue weighted by atomic mass is 10.0. The molecule has 0 spiro atoms. The van der Waals surface area contributed by atoms with Crippen LogP contribution in [0.1, 0.15) is 56.1 Å². The molecule has 0 radical (unpaired) electrons. The lowest BCUT2D eigenvalue weighted by Crippen LogP contribution is -2.44. The van der Waals surface area contributed by atoms with Gasteiger partial charge in [-0.05, 0) is 73.1 Å². The second-order valence-electron chi connectivity index (χ2n) is 14.5. The Kier molecular flexibility index (Phi) is 13.2. The first-order valence-electron chi connectivity index (χ1n) is 18.8. The number of anilines is 1. The smallest absolute Gasteiger partial charge is 0.412 e. The number of para-hydroxylation sites is 1. The summed E-state index contributed by atoms with van der Waals surface area (Å²) < 4.78 is 16.6. The quantitative estimate of drug-likeness (QED) is 0.119. The average Bonchev–Trinajstić information content (AvgIpc) is 3.91. The summed E-state index contributed by atoms with van der Waals surface area (Å²) in [5, 5.41) is 10.4. The van der Waals surface area contributed by atoms with Crippen molar-refractivity contribution in [3.8, 4) is 11.1 Å². The van der Waals surface area contributed by atoms with E-state index in [0.29, 0.717) is 38.0 Å². The monoisotopic (exact) mass is 697 g/mol. The fraction of sp³-hybridized carbons (Fsp3) is 0.524. The first-order chi connectivity index (χ1) is 24.9. The third kappa shape index (κ3) is 9.57. The number of methoxy groups -OCH3 is 2. The number of amides is 2. The maximum atomic E-state index is 13.1. The number of carbonyl (C=O) groups excluding carboxylic acids is 1. The highest BCUT2D eigenvalue weighted by atomic mass is 16.7. The van der Waals surface area contributed by atoms with Crippen molar-refractivity contribution in [3.05, 3.63) is 90.0 Å². The van der Waals surface area contributed by atoms with E-state index in [9.17, 15) is 14.7 Å². The molecule has 51 heavy (non-hydrogen) atoms. The minimum absolute atomic E-state index is 0.00213. The number of hydrogen-bond acceptors (Lipinski definition) is 6. The molecular formula is C42H55N3O6. The van der Waals surface area contributed by atoms with Gasteiger partial charge in [-0.25, -0.2) is 4.79 Å². The SMILES string of the molecule is COC(CN(C(=O)CCOCCc1ccc(CCN2C[C@H]3CC(N(C(=O)O)c4ccccc4-c4ccccc4)C[C@H]3C2)cc1)C1CCCC1)OC. The highest BCUT2D eigenvalue weighted by Crippen LogP contribution is 2.43. The third-order valence-electron chi connectivity index (χ3n) is 11.3. The van der Waals surface area contributed by atoms with Gasteiger partial charge < -0.3 is 29.1 Å². The number of ether oxygens (including phenoxy) is 3. The maximum absolute atomic E-state index is 13.1. The number of carbonyl (C=O) groups is 2. The molecule has 3 aromatic rings. The van der Waals surface area contributed by atoms with Crippen LogP contribution < -0.4 is 4.90 Å². The third-order valence-corrected chi connectivity index (χ3v) is 11.3. The Balaban J connectivity index is 0.913. The number of rotatable bonds is 17. The van der Waals surface area contributed by atoms with Crippen LogP contribution in [0.25, 0.3) is 11.1 Å². The number of likely N-dealkylation sites (tertiary alicyclic amines) is 1. The Morgan fingerprint density at radius 1 is 0.804 bits per heavy atom. The fourth-order valence-corrected chi connectivity index (χ4v) is 8.59. The number of benzene rings is 3. The molecule has 0 bridgehead atoms. The summed E-state index contributed by atoms with van der Waals surface area (Å²) in [6.45, 7) is 4.54. The molecule has 274 valence electrons. The highest BCUT2D eigenvalue weighted by molar-refractivity contribution is 5.93. The number of carboxylic acid groups (broad SMARTS) is 1. The van der Waals surface area contributed by atoms with Gasteiger partial charge in [0.05, 0.1) is 31.9 Å². The minimum atomic E-state index is -0.870. The van der Waals surface area contributed by atoms with Crippen molar-refractivity contribution in [1.82, 2.24) is 9.80 Å². The van der Waals surface area contributed by atoms with Gasteiger partial charge in [-0.15, -0.1) is 0 Å². The molecule has 3 aromatic carbocycles. The van der Waals surface area contributed by atoms with Crippen LogP contribution >= 0.6 is 0 Å². The molecule has 2 amide bonds. The molecule has 1 heterocycles. The zero-order chi connectivity index (χ0) is 35.6. The largest absolute Gasteiger partial charge is 0.465 e. The molecule has 9 heteroatoms. The fourth-order valence-electron chi connectivity index (χ4n) is 8.59. The van der Waals surface area contributed by atoms with Crippen LogP contribution in [0.4, 0.5) is 10.5 Å². The van der Waals surface area contributed by atoms with E-state index in [2.05, 4.69) is 29.2 Å². The highest BCUT2D eigenvalue weighted by Gasteiger charge is 2.44. The van der Waals surface area contributed by atoms with E-state index < -0.39 is 12.4 Å². The molecule has 2 aliphatic carbocycles. The molecule has 1 saturated heterocycles. The van der Waals surface area contributed by atoms with Gasteiger partial charge in [0.15, 0.2) is 6.29 Å². The normalized spacial score (nSPS) is 20.6. The predicted molar refractivity (Wildman–Crippen MR) is 200 cm³/mol. The van der Waals surface area contributed by atoms with Gasteiger partial charge in [0.1, 0.15) is 0 Å². The van der Waals surface area contributed by atoms with Crippen molar-refractivity contribution in [2.24, 2.45) is 11.8 Å². The van der Waals surface area contributed by atoms with Crippen molar-refractivity contribution in [2.75, 3.05) is 58.5 Å². The van der Waals surface area contributed by atoms with Crippen molar-refractivity contribution in [3.63, 3.8) is 0 Å². The molecule has 1 unspecified atom stereocenters. The maximum Gasteiger partial charge on any atom is 0.412 e. The van der Waals surface area contributed by atoms with Gasteiger partial charge in [-0.3, -0.25) is 9.69 Å². The zero-order valence-electron chi connectivity index (χ0n) is 30.3. The Morgan fingerprint density at radius 2 is 1.43 bits per heavy atom. The van der Waals surface area contributed by atoms with Crippen molar-refractivity contribution in [2.45, 2.75) is 76.2 Å². The molecule has 9 nitrogen and oxygen atoms in total. The van der Waals surface area contributed by atoms with Crippen LogP contribution in [-0.4, -0.2) is 98.9 Å². The number of hydrogen-bond donors (Lipinski definition) is 1. The molecule has 3 fully saturated rings. The van der Waals surface area contributed by atoms with Gasteiger partial charge in [0.25, 0.3) is 0 Å². The van der Waals surface area contributed by atoms with Crippen molar-refractivity contribution >= 4 is 17.7 Å².